The summed E-state index contributed by atoms with van der Waals surface area (Å²) in [6.07, 6.45) is 4.94. The molecule has 1 aliphatic rings. The summed E-state index contributed by atoms with van der Waals surface area (Å²) in [6.45, 7) is 1.81. The number of hydrogen-bond acceptors (Lipinski definition) is 4. The molecule has 1 heterocycles. The molecule has 0 saturated heterocycles. The number of aryl methyl sites for hydroxylation is 1. The van der Waals surface area contributed by atoms with Gasteiger partial charge >= 0.3 is 0 Å². The van der Waals surface area contributed by atoms with Crippen LogP contribution < -0.4 is 11.1 Å². The van der Waals surface area contributed by atoms with E-state index in [1.54, 1.807) is 0 Å². The van der Waals surface area contributed by atoms with Gasteiger partial charge in [0.15, 0.2) is 11.5 Å². The molecule has 1 saturated carbocycles. The highest BCUT2D eigenvalue weighted by Gasteiger charge is 2.24. The largest absolute Gasteiger partial charge is 0.441 e. The van der Waals surface area contributed by atoms with Crippen molar-refractivity contribution in [3.63, 3.8) is 0 Å². The highest BCUT2D eigenvalue weighted by atomic mass is 35.5. The van der Waals surface area contributed by atoms with Gasteiger partial charge < -0.3 is 15.5 Å². The first-order valence-electron chi connectivity index (χ1n) is 7.54. The van der Waals surface area contributed by atoms with E-state index in [0.29, 0.717) is 18.2 Å². The molecule has 2 atom stereocenters. The average molecular weight is 360 g/mol. The number of fused-ring (bicyclic) bond motifs is 1. The summed E-state index contributed by atoms with van der Waals surface area (Å²) in [7, 11) is 0. The number of carbonyl (C=O) groups excluding carboxylic acids is 1. The molecule has 7 heteroatoms. The highest BCUT2D eigenvalue weighted by Crippen LogP contribution is 2.26. The molecular weight excluding hydrogens is 337 g/mol. The lowest BCUT2D eigenvalue weighted by Gasteiger charge is -2.27. The van der Waals surface area contributed by atoms with Gasteiger partial charge in [0.2, 0.25) is 5.91 Å². The van der Waals surface area contributed by atoms with Crippen LogP contribution in [0, 0.1) is 12.8 Å². The van der Waals surface area contributed by atoms with Crippen molar-refractivity contribution in [1.29, 1.82) is 0 Å². The van der Waals surface area contributed by atoms with Crippen molar-refractivity contribution >= 4 is 47.5 Å². The van der Waals surface area contributed by atoms with E-state index in [2.05, 4.69) is 10.3 Å². The molecule has 1 fully saturated rings. The zero-order valence-electron chi connectivity index (χ0n) is 13.1. The molecule has 0 bridgehead atoms. The summed E-state index contributed by atoms with van der Waals surface area (Å²) in [6, 6.07) is 5.66. The van der Waals surface area contributed by atoms with E-state index >= 15 is 0 Å². The van der Waals surface area contributed by atoms with Gasteiger partial charge in [0.25, 0.3) is 0 Å². The standard InChI is InChI=1S/C16H21N3O2.2ClH/c1-10-18-14-9-12(6-7-15(14)21-10)19-16(20)8-11-4-2-3-5-13(11)17;;/h6-7,9,11,13H,2-5,8,17H2,1H3,(H,19,20);2*1H. The fourth-order valence-electron chi connectivity index (χ4n) is 3.06. The Hall–Kier alpha value is -1.30. The van der Waals surface area contributed by atoms with Crippen molar-refractivity contribution in [2.45, 2.75) is 45.1 Å². The third-order valence-corrected chi connectivity index (χ3v) is 4.19. The van der Waals surface area contributed by atoms with E-state index in [4.69, 9.17) is 10.2 Å². The van der Waals surface area contributed by atoms with E-state index in [9.17, 15) is 4.79 Å². The van der Waals surface area contributed by atoms with Gasteiger partial charge in [-0.25, -0.2) is 4.98 Å². The summed E-state index contributed by atoms with van der Waals surface area (Å²) in [4.78, 5) is 16.4. The first-order valence-corrected chi connectivity index (χ1v) is 7.54. The Labute approximate surface area is 148 Å². The number of nitrogens with one attached hydrogen (secondary N) is 1. The summed E-state index contributed by atoms with van der Waals surface area (Å²) in [5, 5.41) is 2.94. The molecule has 1 aromatic heterocycles. The maximum atomic E-state index is 12.2. The van der Waals surface area contributed by atoms with Crippen LogP contribution in [0.1, 0.15) is 38.0 Å². The molecule has 3 N–H and O–H groups in total. The molecule has 3 rings (SSSR count). The zero-order valence-corrected chi connectivity index (χ0v) is 14.7. The van der Waals surface area contributed by atoms with Gasteiger partial charge in [0, 0.05) is 25.1 Å². The Bertz CT molecular complexity index is 660. The normalized spacial score (nSPS) is 20.4. The monoisotopic (exact) mass is 359 g/mol. The maximum absolute atomic E-state index is 12.2. The quantitative estimate of drug-likeness (QED) is 0.872. The number of nitrogens with zero attached hydrogens (tertiary/aromatic N) is 1. The predicted molar refractivity (Wildman–Crippen MR) is 96.4 cm³/mol. The van der Waals surface area contributed by atoms with Crippen molar-refractivity contribution in [3.05, 3.63) is 24.1 Å². The van der Waals surface area contributed by atoms with Crippen molar-refractivity contribution in [2.24, 2.45) is 11.7 Å². The Morgan fingerprint density at radius 2 is 2.09 bits per heavy atom. The molecule has 2 aromatic rings. The van der Waals surface area contributed by atoms with E-state index in [1.165, 1.54) is 12.8 Å². The fourth-order valence-corrected chi connectivity index (χ4v) is 3.06. The lowest BCUT2D eigenvalue weighted by atomic mass is 9.83. The van der Waals surface area contributed by atoms with Gasteiger partial charge in [-0.3, -0.25) is 4.79 Å². The topological polar surface area (TPSA) is 81.2 Å². The molecule has 1 aromatic carbocycles. The maximum Gasteiger partial charge on any atom is 0.224 e. The Morgan fingerprint density at radius 1 is 1.35 bits per heavy atom. The second kappa shape index (κ2) is 8.52. The van der Waals surface area contributed by atoms with Crippen LogP contribution in [0.15, 0.2) is 22.6 Å². The van der Waals surface area contributed by atoms with Gasteiger partial charge in [0.1, 0.15) is 5.52 Å². The van der Waals surface area contributed by atoms with Crippen LogP contribution in [0.3, 0.4) is 0 Å². The third-order valence-electron chi connectivity index (χ3n) is 4.19. The molecule has 1 amide bonds. The minimum atomic E-state index is 0. The lowest BCUT2D eigenvalue weighted by Crippen LogP contribution is -2.35. The summed E-state index contributed by atoms with van der Waals surface area (Å²) in [5.41, 5.74) is 8.35. The van der Waals surface area contributed by atoms with Gasteiger partial charge in [0.05, 0.1) is 0 Å². The first-order chi connectivity index (χ1) is 10.1. The number of hydrogen-bond donors (Lipinski definition) is 2. The fraction of sp³-hybridized carbons (Fsp3) is 0.500. The predicted octanol–water partition coefficient (Wildman–Crippen LogP) is 3.83. The average Bonchev–Trinajstić information content (AvgIpc) is 2.80. The number of rotatable bonds is 3. The number of amides is 1. The van der Waals surface area contributed by atoms with Gasteiger partial charge in [-0.15, -0.1) is 24.8 Å². The van der Waals surface area contributed by atoms with Crippen LogP contribution in [0.25, 0.3) is 11.1 Å². The molecule has 0 spiro atoms. The molecular formula is C16H23Cl2N3O2. The van der Waals surface area contributed by atoms with Crippen molar-refractivity contribution in [1.82, 2.24) is 4.98 Å². The first kappa shape index (κ1) is 19.7. The van der Waals surface area contributed by atoms with Crippen molar-refractivity contribution in [2.75, 3.05) is 5.32 Å². The number of nitrogens with two attached hydrogens (primary N) is 1. The minimum Gasteiger partial charge on any atom is -0.441 e. The smallest absolute Gasteiger partial charge is 0.224 e. The van der Waals surface area contributed by atoms with Crippen LogP contribution in [-0.2, 0) is 4.79 Å². The molecule has 23 heavy (non-hydrogen) atoms. The van der Waals surface area contributed by atoms with E-state index in [1.807, 2.05) is 25.1 Å². The number of aromatic nitrogens is 1. The van der Waals surface area contributed by atoms with Crippen LogP contribution in [0.2, 0.25) is 0 Å². The van der Waals surface area contributed by atoms with Gasteiger partial charge in [-0.05, 0) is 37.0 Å². The summed E-state index contributed by atoms with van der Waals surface area (Å²) < 4.78 is 5.42. The minimum absolute atomic E-state index is 0. The summed E-state index contributed by atoms with van der Waals surface area (Å²) >= 11 is 0. The second-order valence-electron chi connectivity index (χ2n) is 5.88. The Morgan fingerprint density at radius 3 is 2.83 bits per heavy atom. The molecule has 2 unspecified atom stereocenters. The van der Waals surface area contributed by atoms with Crippen molar-refractivity contribution < 1.29 is 9.21 Å². The summed E-state index contributed by atoms with van der Waals surface area (Å²) in [5.74, 6) is 0.954. The van der Waals surface area contributed by atoms with E-state index < -0.39 is 0 Å². The number of carbonyl (C=O) groups is 1. The molecule has 1 aliphatic carbocycles. The number of benzene rings is 1. The van der Waals surface area contributed by atoms with Crippen molar-refractivity contribution in [3.8, 4) is 0 Å². The highest BCUT2D eigenvalue weighted by molar-refractivity contribution is 5.92. The van der Waals surface area contributed by atoms with E-state index in [0.717, 1.165) is 29.6 Å². The van der Waals surface area contributed by atoms with Crippen LogP contribution in [0.4, 0.5) is 5.69 Å². The molecule has 5 nitrogen and oxygen atoms in total. The Kier molecular flexibility index (Phi) is 7.32. The SMILES string of the molecule is Cc1nc2cc(NC(=O)CC3CCCCC3N)ccc2o1.Cl.Cl. The molecule has 0 aliphatic heterocycles. The number of halogens is 2. The second-order valence-corrected chi connectivity index (χ2v) is 5.88. The van der Waals surface area contributed by atoms with E-state index in [-0.39, 0.29) is 36.8 Å². The van der Waals surface area contributed by atoms with Crippen LogP contribution >= 0.6 is 24.8 Å². The zero-order chi connectivity index (χ0) is 14.8. The number of oxazole rings is 1. The Balaban J connectivity index is 0.00000132. The lowest BCUT2D eigenvalue weighted by molar-refractivity contribution is -0.117. The van der Waals surface area contributed by atoms with Gasteiger partial charge in [-0.2, -0.15) is 0 Å². The molecule has 128 valence electrons. The van der Waals surface area contributed by atoms with Crippen LogP contribution in [0.5, 0.6) is 0 Å². The number of anilines is 1. The van der Waals surface area contributed by atoms with Crippen LogP contribution in [-0.4, -0.2) is 16.9 Å². The van der Waals surface area contributed by atoms with Gasteiger partial charge in [-0.1, -0.05) is 12.8 Å². The molecule has 0 radical (unpaired) electrons. The third kappa shape index (κ3) is 4.83.